The maximum absolute atomic E-state index is 12.4. The Bertz CT molecular complexity index is 874. The minimum atomic E-state index is -0.233. The molecule has 0 saturated carbocycles. The number of nitrogens with zero attached hydrogens (tertiary/aromatic N) is 5. The summed E-state index contributed by atoms with van der Waals surface area (Å²) in [7, 11) is 1.74. The van der Waals surface area contributed by atoms with Gasteiger partial charge in [-0.05, 0) is 12.1 Å². The van der Waals surface area contributed by atoms with Gasteiger partial charge in [0.25, 0.3) is 11.8 Å². The molecule has 0 atom stereocenters. The molecule has 1 saturated heterocycles. The maximum atomic E-state index is 12.4. The number of imide groups is 1. The van der Waals surface area contributed by atoms with E-state index in [9.17, 15) is 9.59 Å². The van der Waals surface area contributed by atoms with Gasteiger partial charge in [-0.15, -0.1) is 24.0 Å². The molecule has 4 rings (SSSR count). The summed E-state index contributed by atoms with van der Waals surface area (Å²) < 4.78 is 4.89. The Morgan fingerprint density at radius 3 is 2.33 bits per heavy atom. The fourth-order valence-corrected chi connectivity index (χ4v) is 3.72. The molecule has 1 N–H and O–H groups in total. The standard InChI is InChI=1S/C20H24N6O3.HI/c1-21-20(25-11-9-24(10-12-25)14-15-6-13-29-23-15)22-7-8-26-18(27)16-4-2-3-5-17(16)19(26)28;/h2-6,13H,7-12,14H2,1H3,(H,21,22);1H. The highest BCUT2D eigenvalue weighted by molar-refractivity contribution is 14.0. The van der Waals surface area contributed by atoms with Crippen LogP contribution in [0.3, 0.4) is 0 Å². The minimum Gasteiger partial charge on any atom is -0.364 e. The summed E-state index contributed by atoms with van der Waals surface area (Å²) in [4.78, 5) is 35.0. The molecular formula is C20H25IN6O3. The Kier molecular flexibility index (Phi) is 7.43. The van der Waals surface area contributed by atoms with E-state index in [-0.39, 0.29) is 35.8 Å². The van der Waals surface area contributed by atoms with E-state index in [1.54, 1.807) is 37.6 Å². The molecule has 1 aromatic carbocycles. The molecule has 0 bridgehead atoms. The number of piperazine rings is 1. The number of halogens is 1. The zero-order valence-electron chi connectivity index (χ0n) is 16.8. The van der Waals surface area contributed by atoms with Crippen molar-refractivity contribution in [2.24, 2.45) is 4.99 Å². The molecule has 1 aromatic heterocycles. The van der Waals surface area contributed by atoms with Gasteiger partial charge >= 0.3 is 0 Å². The second-order valence-corrected chi connectivity index (χ2v) is 7.04. The molecule has 30 heavy (non-hydrogen) atoms. The zero-order valence-corrected chi connectivity index (χ0v) is 19.1. The molecule has 9 nitrogen and oxygen atoms in total. The molecule has 0 unspecified atom stereocenters. The van der Waals surface area contributed by atoms with E-state index in [1.165, 1.54) is 4.90 Å². The summed E-state index contributed by atoms with van der Waals surface area (Å²) in [5.41, 5.74) is 1.89. The lowest BCUT2D eigenvalue weighted by Crippen LogP contribution is -2.53. The first-order valence-electron chi connectivity index (χ1n) is 9.70. The van der Waals surface area contributed by atoms with Crippen molar-refractivity contribution in [3.8, 4) is 0 Å². The summed E-state index contributed by atoms with van der Waals surface area (Å²) in [5, 5.41) is 7.24. The van der Waals surface area contributed by atoms with Crippen LogP contribution in [0.15, 0.2) is 46.1 Å². The Morgan fingerprint density at radius 2 is 1.77 bits per heavy atom. The topological polar surface area (TPSA) is 94.3 Å². The monoisotopic (exact) mass is 524 g/mol. The fraction of sp³-hybridized carbons (Fsp3) is 0.400. The Balaban J connectivity index is 0.00000256. The first-order chi connectivity index (χ1) is 14.2. The van der Waals surface area contributed by atoms with Crippen LogP contribution in [0.25, 0.3) is 0 Å². The van der Waals surface area contributed by atoms with Crippen LogP contribution in [0.4, 0.5) is 0 Å². The van der Waals surface area contributed by atoms with Crippen LogP contribution in [-0.4, -0.2) is 83.9 Å². The summed E-state index contributed by atoms with van der Waals surface area (Å²) in [6.45, 7) is 5.00. The molecule has 2 amide bonds. The second-order valence-electron chi connectivity index (χ2n) is 7.04. The average molecular weight is 524 g/mol. The van der Waals surface area contributed by atoms with Crippen molar-refractivity contribution in [3.05, 3.63) is 53.4 Å². The van der Waals surface area contributed by atoms with Crippen molar-refractivity contribution in [1.82, 2.24) is 25.2 Å². The van der Waals surface area contributed by atoms with Crippen LogP contribution in [0.5, 0.6) is 0 Å². The van der Waals surface area contributed by atoms with E-state index < -0.39 is 0 Å². The van der Waals surface area contributed by atoms with Crippen LogP contribution >= 0.6 is 24.0 Å². The molecule has 2 aromatic rings. The number of rotatable bonds is 5. The van der Waals surface area contributed by atoms with Gasteiger partial charge in [0.2, 0.25) is 0 Å². The Labute approximate surface area is 192 Å². The van der Waals surface area contributed by atoms with Crippen molar-refractivity contribution in [2.45, 2.75) is 6.54 Å². The summed E-state index contributed by atoms with van der Waals surface area (Å²) in [6.07, 6.45) is 1.59. The molecule has 0 aliphatic carbocycles. The fourth-order valence-electron chi connectivity index (χ4n) is 3.72. The predicted molar refractivity (Wildman–Crippen MR) is 122 cm³/mol. The van der Waals surface area contributed by atoms with Crippen molar-refractivity contribution < 1.29 is 14.1 Å². The number of hydrogen-bond donors (Lipinski definition) is 1. The van der Waals surface area contributed by atoms with Gasteiger partial charge in [0.15, 0.2) is 5.96 Å². The largest absolute Gasteiger partial charge is 0.364 e. The van der Waals surface area contributed by atoms with E-state index in [0.29, 0.717) is 24.2 Å². The number of hydrogen-bond acceptors (Lipinski definition) is 6. The van der Waals surface area contributed by atoms with Crippen molar-refractivity contribution in [3.63, 3.8) is 0 Å². The van der Waals surface area contributed by atoms with Crippen molar-refractivity contribution in [1.29, 1.82) is 0 Å². The van der Waals surface area contributed by atoms with Crippen LogP contribution in [0.1, 0.15) is 26.4 Å². The lowest BCUT2D eigenvalue weighted by molar-refractivity contribution is 0.0656. The van der Waals surface area contributed by atoms with Gasteiger partial charge in [-0.3, -0.25) is 24.4 Å². The summed E-state index contributed by atoms with van der Waals surface area (Å²) in [5.74, 6) is 0.315. The normalized spacial score (nSPS) is 17.2. The van der Waals surface area contributed by atoms with Crippen molar-refractivity contribution >= 4 is 41.8 Å². The number of guanidine groups is 1. The SMILES string of the molecule is CN=C(NCCN1C(=O)c2ccccc2C1=O)N1CCN(Cc2ccon2)CC1.I. The molecule has 3 heterocycles. The highest BCUT2D eigenvalue weighted by Crippen LogP contribution is 2.21. The average Bonchev–Trinajstić information content (AvgIpc) is 3.34. The molecule has 0 spiro atoms. The predicted octanol–water partition coefficient (Wildman–Crippen LogP) is 1.28. The Morgan fingerprint density at radius 1 is 1.10 bits per heavy atom. The quantitative estimate of drug-likeness (QED) is 0.273. The highest BCUT2D eigenvalue weighted by Gasteiger charge is 2.34. The lowest BCUT2D eigenvalue weighted by Gasteiger charge is -2.36. The zero-order chi connectivity index (χ0) is 20.2. The molecule has 2 aliphatic heterocycles. The highest BCUT2D eigenvalue weighted by atomic mass is 127. The third kappa shape index (κ3) is 4.64. The molecular weight excluding hydrogens is 499 g/mol. The number of carbonyl (C=O) groups excluding carboxylic acids is 2. The lowest BCUT2D eigenvalue weighted by atomic mass is 10.1. The summed E-state index contributed by atoms with van der Waals surface area (Å²) >= 11 is 0. The van der Waals surface area contributed by atoms with E-state index in [1.807, 2.05) is 6.07 Å². The van der Waals surface area contributed by atoms with Gasteiger partial charge in [-0.25, -0.2) is 0 Å². The molecule has 160 valence electrons. The number of benzene rings is 1. The minimum absolute atomic E-state index is 0. The van der Waals surface area contributed by atoms with Gasteiger partial charge < -0.3 is 14.7 Å². The number of aliphatic imine (C=N–C) groups is 1. The number of carbonyl (C=O) groups is 2. The van der Waals surface area contributed by atoms with E-state index >= 15 is 0 Å². The number of nitrogens with one attached hydrogen (secondary N) is 1. The first-order valence-corrected chi connectivity index (χ1v) is 9.70. The number of amides is 2. The molecule has 1 fully saturated rings. The van der Waals surface area contributed by atoms with Gasteiger partial charge in [-0.2, -0.15) is 0 Å². The van der Waals surface area contributed by atoms with E-state index in [2.05, 4.69) is 25.3 Å². The van der Waals surface area contributed by atoms with E-state index in [4.69, 9.17) is 4.52 Å². The number of fused-ring (bicyclic) bond motifs is 1. The molecule has 10 heteroatoms. The van der Waals surface area contributed by atoms with Crippen molar-refractivity contribution in [2.75, 3.05) is 46.3 Å². The Hall–Kier alpha value is -2.47. The van der Waals surface area contributed by atoms with Gasteiger partial charge in [-0.1, -0.05) is 17.3 Å². The number of aromatic nitrogens is 1. The molecule has 0 radical (unpaired) electrons. The smallest absolute Gasteiger partial charge is 0.261 e. The van der Waals surface area contributed by atoms with Crippen LogP contribution < -0.4 is 5.32 Å². The first kappa shape index (κ1) is 22.2. The van der Waals surface area contributed by atoms with Crippen LogP contribution in [0.2, 0.25) is 0 Å². The third-order valence-corrected chi connectivity index (χ3v) is 5.26. The maximum Gasteiger partial charge on any atom is 0.261 e. The third-order valence-electron chi connectivity index (χ3n) is 5.26. The second kappa shape index (κ2) is 10.0. The van der Waals surface area contributed by atoms with Gasteiger partial charge in [0.05, 0.1) is 16.8 Å². The van der Waals surface area contributed by atoms with Gasteiger partial charge in [0.1, 0.15) is 6.26 Å². The summed E-state index contributed by atoms with van der Waals surface area (Å²) in [6, 6.07) is 8.82. The van der Waals surface area contributed by atoms with Crippen LogP contribution in [0, 0.1) is 0 Å². The van der Waals surface area contributed by atoms with Crippen LogP contribution in [-0.2, 0) is 6.54 Å². The van der Waals surface area contributed by atoms with E-state index in [0.717, 1.165) is 44.4 Å². The van der Waals surface area contributed by atoms with Gasteiger partial charge in [0, 0.05) is 58.9 Å². The molecule has 2 aliphatic rings.